The maximum Gasteiger partial charge on any atom is 0.237 e. The highest BCUT2D eigenvalue weighted by Gasteiger charge is 2.41. The van der Waals surface area contributed by atoms with Gasteiger partial charge in [0.1, 0.15) is 43.1 Å². The third-order valence-electron chi connectivity index (χ3n) is 5.32. The summed E-state index contributed by atoms with van der Waals surface area (Å²) in [4.78, 5) is 16.6. The summed E-state index contributed by atoms with van der Waals surface area (Å²) in [7, 11) is 3.35. The van der Waals surface area contributed by atoms with Gasteiger partial charge in [0.15, 0.2) is 0 Å². The summed E-state index contributed by atoms with van der Waals surface area (Å²) >= 11 is 1.74. The van der Waals surface area contributed by atoms with Crippen molar-refractivity contribution in [3.8, 4) is 11.5 Å². The SMILES string of the molecule is CC[C@H]1S[C@@H](c2cc(OC)ccc2OC)N(CC[NH+]2CC[NH2+]CC2)C1=O. The molecule has 3 N–H and O–H groups in total. The third kappa shape index (κ3) is 4.10. The molecule has 2 atom stereocenters. The lowest BCUT2D eigenvalue weighted by Gasteiger charge is -2.28. The standard InChI is InChI=1S/C19H29N3O3S/c1-4-17-18(23)22(12-11-21-9-7-20-8-10-21)19(26-17)15-13-14(24-2)5-6-16(15)25-3/h5-6,13,17,19-20H,4,7-12H2,1-3H3/p+2/t17-,19+/m1/s1. The number of carbonyl (C=O) groups is 1. The molecule has 7 heteroatoms. The Hall–Kier alpha value is -1.44. The minimum atomic E-state index is -0.00625. The van der Waals surface area contributed by atoms with Crippen molar-refractivity contribution in [2.45, 2.75) is 24.0 Å². The molecule has 1 aromatic carbocycles. The van der Waals surface area contributed by atoms with Crippen LogP contribution in [0, 0.1) is 0 Å². The van der Waals surface area contributed by atoms with Gasteiger partial charge in [-0.2, -0.15) is 0 Å². The zero-order chi connectivity index (χ0) is 18.5. The van der Waals surface area contributed by atoms with E-state index in [0.717, 1.165) is 36.6 Å². The maximum atomic E-state index is 13.0. The molecule has 2 fully saturated rings. The van der Waals surface area contributed by atoms with Gasteiger partial charge in [-0.1, -0.05) is 6.92 Å². The molecule has 0 aromatic heterocycles. The Kier molecular flexibility index (Phi) is 6.67. The van der Waals surface area contributed by atoms with Crippen LogP contribution in [0.4, 0.5) is 0 Å². The predicted octanol–water partition coefficient (Wildman–Crippen LogP) is -0.482. The summed E-state index contributed by atoms with van der Waals surface area (Å²) < 4.78 is 11.0. The Morgan fingerprint density at radius 3 is 2.69 bits per heavy atom. The molecule has 1 amide bonds. The average molecular weight is 382 g/mol. The Morgan fingerprint density at radius 1 is 1.27 bits per heavy atom. The second-order valence-corrected chi connectivity index (χ2v) is 8.18. The number of rotatable bonds is 7. The Labute approximate surface area is 160 Å². The van der Waals surface area contributed by atoms with Crippen molar-refractivity contribution >= 4 is 17.7 Å². The second kappa shape index (κ2) is 8.97. The number of carbonyl (C=O) groups excluding carboxylic acids is 1. The number of piperazine rings is 1. The van der Waals surface area contributed by atoms with E-state index in [0.29, 0.717) is 0 Å². The number of benzene rings is 1. The Morgan fingerprint density at radius 2 is 2.04 bits per heavy atom. The summed E-state index contributed by atoms with van der Waals surface area (Å²) in [5.41, 5.74) is 1.03. The monoisotopic (exact) mass is 381 g/mol. The maximum absolute atomic E-state index is 13.0. The van der Waals surface area contributed by atoms with Gasteiger partial charge in [-0.25, -0.2) is 0 Å². The molecule has 6 nitrogen and oxygen atoms in total. The van der Waals surface area contributed by atoms with Crippen molar-refractivity contribution in [3.63, 3.8) is 0 Å². The minimum Gasteiger partial charge on any atom is -0.497 e. The predicted molar refractivity (Wildman–Crippen MR) is 103 cm³/mol. The normalized spacial score (nSPS) is 24.1. The van der Waals surface area contributed by atoms with Crippen LogP contribution in [0.3, 0.4) is 0 Å². The van der Waals surface area contributed by atoms with Crippen LogP contribution >= 0.6 is 11.8 Å². The summed E-state index contributed by atoms with van der Waals surface area (Å²) in [5, 5.41) is 2.39. The molecule has 0 bridgehead atoms. The van der Waals surface area contributed by atoms with Gasteiger partial charge in [0, 0.05) is 5.56 Å². The van der Waals surface area contributed by atoms with E-state index in [-0.39, 0.29) is 16.5 Å². The van der Waals surface area contributed by atoms with E-state index >= 15 is 0 Å². The number of hydrogen-bond donors (Lipinski definition) is 2. The molecule has 144 valence electrons. The van der Waals surface area contributed by atoms with Crippen molar-refractivity contribution in [2.75, 3.05) is 53.5 Å². The zero-order valence-electron chi connectivity index (χ0n) is 16.0. The fourth-order valence-electron chi connectivity index (χ4n) is 3.77. The van der Waals surface area contributed by atoms with Crippen LogP contribution < -0.4 is 19.7 Å². The molecule has 2 aliphatic heterocycles. The van der Waals surface area contributed by atoms with Crippen LogP contribution in [0.2, 0.25) is 0 Å². The number of nitrogens with two attached hydrogens (primary N) is 1. The number of thioether (sulfide) groups is 1. The quantitative estimate of drug-likeness (QED) is 0.670. The van der Waals surface area contributed by atoms with Gasteiger partial charge >= 0.3 is 0 Å². The van der Waals surface area contributed by atoms with E-state index in [4.69, 9.17) is 9.47 Å². The van der Waals surface area contributed by atoms with Crippen molar-refractivity contribution in [2.24, 2.45) is 0 Å². The third-order valence-corrected chi connectivity index (χ3v) is 6.95. The van der Waals surface area contributed by atoms with Crippen LogP contribution in [0.1, 0.15) is 24.3 Å². The van der Waals surface area contributed by atoms with Crippen LogP contribution in [0.25, 0.3) is 0 Å². The first-order valence-corrected chi connectivity index (χ1v) is 10.4. The highest BCUT2D eigenvalue weighted by molar-refractivity contribution is 8.01. The lowest BCUT2D eigenvalue weighted by molar-refractivity contribution is -0.946. The summed E-state index contributed by atoms with van der Waals surface area (Å²) in [6, 6.07) is 5.85. The van der Waals surface area contributed by atoms with Gasteiger partial charge in [-0.15, -0.1) is 11.8 Å². The van der Waals surface area contributed by atoms with Crippen molar-refractivity contribution < 1.29 is 24.5 Å². The molecule has 0 saturated carbocycles. The molecule has 0 radical (unpaired) electrons. The van der Waals surface area contributed by atoms with Crippen molar-refractivity contribution in [1.29, 1.82) is 0 Å². The molecule has 1 aromatic rings. The molecule has 3 rings (SSSR count). The number of ether oxygens (including phenoxy) is 2. The van der Waals surface area contributed by atoms with E-state index in [1.165, 1.54) is 26.2 Å². The summed E-state index contributed by atoms with van der Waals surface area (Å²) in [5.74, 6) is 1.87. The fourth-order valence-corrected chi connectivity index (χ4v) is 5.21. The van der Waals surface area contributed by atoms with Crippen molar-refractivity contribution in [3.05, 3.63) is 23.8 Å². The first-order chi connectivity index (χ1) is 12.7. The molecule has 0 spiro atoms. The fraction of sp³-hybridized carbons (Fsp3) is 0.632. The molecule has 2 saturated heterocycles. The topological polar surface area (TPSA) is 59.8 Å². The highest BCUT2D eigenvalue weighted by atomic mass is 32.2. The number of methoxy groups -OCH3 is 2. The lowest BCUT2D eigenvalue weighted by atomic mass is 10.1. The number of nitrogens with zero attached hydrogens (tertiary/aromatic N) is 1. The number of hydrogen-bond acceptors (Lipinski definition) is 4. The van der Waals surface area contributed by atoms with E-state index in [9.17, 15) is 4.79 Å². The summed E-state index contributed by atoms with van der Waals surface area (Å²) in [6.07, 6.45) is 0.855. The van der Waals surface area contributed by atoms with E-state index in [2.05, 4.69) is 17.1 Å². The molecular formula is C19H31N3O3S+2. The van der Waals surface area contributed by atoms with Gasteiger partial charge in [-0.3, -0.25) is 4.79 Å². The highest BCUT2D eigenvalue weighted by Crippen LogP contribution is 2.47. The molecular weight excluding hydrogens is 350 g/mol. The van der Waals surface area contributed by atoms with Crippen LogP contribution in [-0.2, 0) is 4.79 Å². The van der Waals surface area contributed by atoms with Crippen LogP contribution in [0.5, 0.6) is 11.5 Å². The average Bonchev–Trinajstić information content (AvgIpc) is 3.02. The number of amides is 1. The Bertz CT molecular complexity index is 622. The van der Waals surface area contributed by atoms with Gasteiger partial charge < -0.3 is 24.6 Å². The lowest BCUT2D eigenvalue weighted by Crippen LogP contribution is -3.20. The first-order valence-electron chi connectivity index (χ1n) is 9.51. The molecule has 26 heavy (non-hydrogen) atoms. The van der Waals surface area contributed by atoms with E-state index in [1.807, 2.05) is 18.2 Å². The molecule has 2 heterocycles. The zero-order valence-corrected chi connectivity index (χ0v) is 16.8. The van der Waals surface area contributed by atoms with E-state index < -0.39 is 0 Å². The molecule has 0 aliphatic carbocycles. The smallest absolute Gasteiger partial charge is 0.237 e. The minimum absolute atomic E-state index is 0.00625. The van der Waals surface area contributed by atoms with Crippen LogP contribution in [0.15, 0.2) is 18.2 Å². The Balaban J connectivity index is 1.81. The van der Waals surface area contributed by atoms with E-state index in [1.54, 1.807) is 30.9 Å². The van der Waals surface area contributed by atoms with Gasteiger partial charge in [0.2, 0.25) is 5.91 Å². The number of quaternary nitrogens is 2. The van der Waals surface area contributed by atoms with Gasteiger partial charge in [-0.05, 0) is 24.6 Å². The first kappa shape index (κ1) is 19.3. The van der Waals surface area contributed by atoms with Crippen molar-refractivity contribution in [1.82, 2.24) is 4.90 Å². The largest absolute Gasteiger partial charge is 0.497 e. The van der Waals surface area contributed by atoms with Gasteiger partial charge in [0.25, 0.3) is 0 Å². The summed E-state index contributed by atoms with van der Waals surface area (Å²) in [6.45, 7) is 8.62. The molecule has 2 aliphatic rings. The second-order valence-electron chi connectivity index (χ2n) is 6.89. The van der Waals surface area contributed by atoms with Crippen LogP contribution in [-0.4, -0.2) is 69.5 Å². The number of nitrogens with one attached hydrogen (secondary N) is 1. The molecule has 0 unspecified atom stereocenters. The van der Waals surface area contributed by atoms with Gasteiger partial charge in [0.05, 0.1) is 32.6 Å².